The second-order valence-electron chi connectivity index (χ2n) is 17.3. The maximum atomic E-state index is 15.1. The van der Waals surface area contributed by atoms with Crippen molar-refractivity contribution in [3.63, 3.8) is 0 Å². The lowest BCUT2D eigenvalue weighted by atomic mass is 9.82. The number of carbonyl (C=O) groups is 9. The number of amides is 6. The van der Waals surface area contributed by atoms with Crippen molar-refractivity contribution in [1.82, 2.24) is 26.2 Å². The van der Waals surface area contributed by atoms with Crippen molar-refractivity contribution in [2.45, 2.75) is 155 Å². The van der Waals surface area contributed by atoms with Gasteiger partial charge in [-0.05, 0) is 54.6 Å². The topological polar surface area (TPSA) is 271 Å². The van der Waals surface area contributed by atoms with Gasteiger partial charge in [-0.3, -0.25) is 43.3 Å². The SMILES string of the molecule is Cc1ccccc1C[C@H](NC(=O)[C@@H](NC(=O)[C@@H](N)CC(=O)O)C1CCCCC1)C(=O)N(C(=O)CCC(=O)O)[C@H](C(=O)N[C@@H](CC(C)C)C(=O)NC(C=O)CC(F)(F)F)C(C)(C)C. The first-order valence-corrected chi connectivity index (χ1v) is 20.6. The number of carboxylic acid groups (broad SMARTS) is 2. The van der Waals surface area contributed by atoms with E-state index in [0.29, 0.717) is 41.7 Å². The molecule has 346 valence electrons. The third-order valence-corrected chi connectivity index (χ3v) is 10.4. The van der Waals surface area contributed by atoms with Crippen molar-refractivity contribution < 1.29 is 66.5 Å². The third kappa shape index (κ3) is 17.2. The van der Waals surface area contributed by atoms with Crippen LogP contribution in [0.2, 0.25) is 0 Å². The molecule has 6 amide bonds. The fraction of sp³-hybridized carbons (Fsp3) is 0.643. The predicted molar refractivity (Wildman–Crippen MR) is 218 cm³/mol. The third-order valence-electron chi connectivity index (χ3n) is 10.4. The van der Waals surface area contributed by atoms with Crippen LogP contribution >= 0.6 is 0 Å². The molecule has 1 aromatic rings. The van der Waals surface area contributed by atoms with E-state index in [1.807, 2.05) is 5.32 Å². The molecule has 1 aliphatic carbocycles. The molecule has 0 aliphatic heterocycles. The number of rotatable bonds is 22. The normalized spacial score (nSPS) is 16.4. The summed E-state index contributed by atoms with van der Waals surface area (Å²) in [5.41, 5.74) is 5.62. The van der Waals surface area contributed by atoms with E-state index in [1.54, 1.807) is 45.0 Å². The average molecular weight is 883 g/mol. The molecule has 0 radical (unpaired) electrons. The van der Waals surface area contributed by atoms with Crippen molar-refractivity contribution in [1.29, 1.82) is 0 Å². The number of hydrogen-bond acceptors (Lipinski definition) is 10. The van der Waals surface area contributed by atoms with Gasteiger partial charge >= 0.3 is 18.1 Å². The van der Waals surface area contributed by atoms with Gasteiger partial charge in [-0.2, -0.15) is 13.2 Å². The molecule has 1 aliphatic rings. The van der Waals surface area contributed by atoms with E-state index in [9.17, 15) is 61.7 Å². The lowest BCUT2D eigenvalue weighted by Gasteiger charge is -2.40. The Labute approximate surface area is 358 Å². The zero-order valence-corrected chi connectivity index (χ0v) is 36.0. The molecule has 17 nitrogen and oxygen atoms in total. The predicted octanol–water partition coefficient (Wildman–Crippen LogP) is 2.69. The van der Waals surface area contributed by atoms with Crippen molar-refractivity contribution in [2.75, 3.05) is 0 Å². The Kier molecular flexibility index (Phi) is 20.2. The number of aldehydes is 1. The summed E-state index contributed by atoms with van der Waals surface area (Å²) in [5, 5.41) is 28.4. The van der Waals surface area contributed by atoms with Crippen LogP contribution in [0.5, 0.6) is 0 Å². The standard InChI is InChI=1S/C42H61F3N6O11/c1-23(2)18-29(37(59)47-27(22-52)21-42(43,44)45)48-39(61)35(41(4,5)6)51(31(53)16-17-32(54)55)40(62)30(19-26-15-11-10-12-24(26)3)49-38(60)34(25-13-8-7-9-14-25)50-36(58)28(46)20-33(56)57/h10-12,15,22-23,25,27-30,34-35H,7-9,13-14,16-21,46H2,1-6H3,(H,47,59)(H,48,61)(H,49,60)(H,50,58)(H,54,55)(H,56,57)/t27?,28-,29-,30-,34-,35+/m0/s1. The quantitative estimate of drug-likeness (QED) is 0.0829. The fourth-order valence-corrected chi connectivity index (χ4v) is 7.34. The van der Waals surface area contributed by atoms with Gasteiger partial charge in [-0.1, -0.05) is 78.1 Å². The van der Waals surface area contributed by atoms with Gasteiger partial charge in [0.05, 0.1) is 31.3 Å². The van der Waals surface area contributed by atoms with Crippen LogP contribution in [-0.2, 0) is 49.6 Å². The van der Waals surface area contributed by atoms with Crippen LogP contribution in [0.4, 0.5) is 13.2 Å². The number of imide groups is 1. The van der Waals surface area contributed by atoms with Gasteiger partial charge < -0.3 is 42.0 Å². The van der Waals surface area contributed by atoms with Crippen molar-refractivity contribution >= 4 is 53.7 Å². The Morgan fingerprint density at radius 2 is 1.42 bits per heavy atom. The molecule has 0 aromatic heterocycles. The number of carboxylic acids is 2. The zero-order valence-electron chi connectivity index (χ0n) is 36.0. The Morgan fingerprint density at radius 3 is 1.94 bits per heavy atom. The van der Waals surface area contributed by atoms with Gasteiger partial charge in [0.25, 0.3) is 5.91 Å². The first-order valence-electron chi connectivity index (χ1n) is 20.6. The molecule has 62 heavy (non-hydrogen) atoms. The molecule has 1 unspecified atom stereocenters. The second-order valence-corrected chi connectivity index (χ2v) is 17.3. The second kappa shape index (κ2) is 23.7. The summed E-state index contributed by atoms with van der Waals surface area (Å²) in [4.78, 5) is 120. The number of aryl methyl sites for hydroxylation is 1. The van der Waals surface area contributed by atoms with Gasteiger partial charge in [-0.25, -0.2) is 0 Å². The Balaban J connectivity index is 2.76. The highest BCUT2D eigenvalue weighted by Crippen LogP contribution is 2.30. The van der Waals surface area contributed by atoms with Gasteiger partial charge in [0.15, 0.2) is 0 Å². The largest absolute Gasteiger partial charge is 0.481 e. The summed E-state index contributed by atoms with van der Waals surface area (Å²) in [6, 6.07) is -3.19. The Bertz CT molecular complexity index is 1780. The molecule has 0 spiro atoms. The fourth-order valence-electron chi connectivity index (χ4n) is 7.34. The van der Waals surface area contributed by atoms with Crippen molar-refractivity contribution in [3.8, 4) is 0 Å². The molecule has 2 rings (SSSR count). The molecule has 1 aromatic carbocycles. The van der Waals surface area contributed by atoms with E-state index in [4.69, 9.17) is 5.73 Å². The summed E-state index contributed by atoms with van der Waals surface area (Å²) in [6.07, 6.45) is -6.21. The summed E-state index contributed by atoms with van der Waals surface area (Å²) in [7, 11) is 0. The number of alkyl halides is 3. The van der Waals surface area contributed by atoms with E-state index in [0.717, 1.165) is 6.42 Å². The number of aliphatic carboxylic acids is 2. The first kappa shape index (κ1) is 52.7. The van der Waals surface area contributed by atoms with Crippen LogP contribution in [0.3, 0.4) is 0 Å². The number of carbonyl (C=O) groups excluding carboxylic acids is 7. The van der Waals surface area contributed by atoms with Crippen LogP contribution in [0, 0.1) is 24.2 Å². The highest BCUT2D eigenvalue weighted by atomic mass is 19.4. The molecule has 0 bridgehead atoms. The number of benzene rings is 1. The number of nitrogens with zero attached hydrogens (tertiary/aromatic N) is 1. The minimum atomic E-state index is -4.83. The summed E-state index contributed by atoms with van der Waals surface area (Å²) < 4.78 is 39.5. The lowest BCUT2D eigenvalue weighted by Crippen LogP contribution is -2.65. The van der Waals surface area contributed by atoms with Gasteiger partial charge in [0, 0.05) is 12.8 Å². The maximum Gasteiger partial charge on any atom is 0.391 e. The number of nitrogens with one attached hydrogen (secondary N) is 4. The minimum absolute atomic E-state index is 0.101. The summed E-state index contributed by atoms with van der Waals surface area (Å²) in [5.74, 6) is -10.0. The van der Waals surface area contributed by atoms with E-state index in [2.05, 4.69) is 16.0 Å². The minimum Gasteiger partial charge on any atom is -0.481 e. The monoisotopic (exact) mass is 882 g/mol. The number of hydrogen-bond donors (Lipinski definition) is 7. The molecule has 1 fully saturated rings. The molecule has 20 heteroatoms. The molecule has 0 heterocycles. The van der Waals surface area contributed by atoms with E-state index >= 15 is 4.79 Å². The molecule has 1 saturated carbocycles. The molecular formula is C42H61F3N6O11. The Hall–Kier alpha value is -5.40. The van der Waals surface area contributed by atoms with Crippen molar-refractivity contribution in [3.05, 3.63) is 35.4 Å². The first-order chi connectivity index (χ1) is 28.7. The highest BCUT2D eigenvalue weighted by Gasteiger charge is 2.46. The molecule has 8 N–H and O–H groups in total. The van der Waals surface area contributed by atoms with Crippen LogP contribution in [-0.4, -0.2) is 111 Å². The average Bonchev–Trinajstić information content (AvgIpc) is 3.16. The van der Waals surface area contributed by atoms with E-state index < -0.39 is 127 Å². The Morgan fingerprint density at radius 1 is 0.823 bits per heavy atom. The van der Waals surface area contributed by atoms with Crippen LogP contribution < -0.4 is 27.0 Å². The number of nitrogens with two attached hydrogens (primary N) is 1. The van der Waals surface area contributed by atoms with Gasteiger partial charge in [0.2, 0.25) is 29.5 Å². The zero-order chi connectivity index (χ0) is 47.1. The summed E-state index contributed by atoms with van der Waals surface area (Å²) >= 11 is 0. The smallest absolute Gasteiger partial charge is 0.391 e. The highest BCUT2D eigenvalue weighted by molar-refractivity contribution is 6.05. The lowest BCUT2D eigenvalue weighted by molar-refractivity contribution is -0.159. The van der Waals surface area contributed by atoms with Gasteiger partial charge in [-0.15, -0.1) is 0 Å². The molecule has 0 saturated heterocycles. The summed E-state index contributed by atoms with van der Waals surface area (Å²) in [6.45, 7) is 9.42. The van der Waals surface area contributed by atoms with E-state index in [-0.39, 0.29) is 25.0 Å². The van der Waals surface area contributed by atoms with Crippen LogP contribution in [0.25, 0.3) is 0 Å². The molecule has 6 atom stereocenters. The number of halogens is 3. The molecular weight excluding hydrogens is 821 g/mol. The van der Waals surface area contributed by atoms with Crippen LogP contribution in [0.15, 0.2) is 24.3 Å². The van der Waals surface area contributed by atoms with Crippen molar-refractivity contribution in [2.24, 2.45) is 23.0 Å². The maximum absolute atomic E-state index is 15.1. The van der Waals surface area contributed by atoms with E-state index in [1.165, 1.54) is 20.8 Å². The van der Waals surface area contributed by atoms with Gasteiger partial charge in [0.1, 0.15) is 30.5 Å². The van der Waals surface area contributed by atoms with Crippen LogP contribution in [0.1, 0.15) is 110 Å².